The molecular formula is C26H45NO4. The standard InChI is InChI=1S/C26H45NO4/c1-21(2)22(3)12-15-29-17-19-31-20-18-30-16-13-25(28)27-24-9-7-23(8-10-24)11-14-26(4,5)6/h7-10,21-22H,11-20H2,1-6H3,(H,27,28). The Hall–Kier alpha value is -1.43. The minimum Gasteiger partial charge on any atom is -0.379 e. The minimum atomic E-state index is -0.0348. The van der Waals surface area contributed by atoms with Crippen molar-refractivity contribution in [3.8, 4) is 0 Å². The van der Waals surface area contributed by atoms with Crippen LogP contribution in [0.2, 0.25) is 0 Å². The fourth-order valence-electron chi connectivity index (χ4n) is 2.81. The molecule has 1 atom stereocenters. The van der Waals surface area contributed by atoms with E-state index < -0.39 is 0 Å². The van der Waals surface area contributed by atoms with Crippen molar-refractivity contribution < 1.29 is 19.0 Å². The van der Waals surface area contributed by atoms with Gasteiger partial charge in [0.25, 0.3) is 0 Å². The maximum absolute atomic E-state index is 12.0. The van der Waals surface area contributed by atoms with E-state index in [1.165, 1.54) is 5.56 Å². The Bertz CT molecular complexity index is 592. The van der Waals surface area contributed by atoms with Gasteiger partial charge in [0.2, 0.25) is 5.91 Å². The largest absolute Gasteiger partial charge is 0.379 e. The first kappa shape index (κ1) is 27.6. The summed E-state index contributed by atoms with van der Waals surface area (Å²) in [5, 5.41) is 2.92. The molecule has 0 aromatic heterocycles. The maximum atomic E-state index is 12.0. The van der Waals surface area contributed by atoms with Crippen molar-refractivity contribution in [2.24, 2.45) is 17.3 Å². The first-order valence-corrected chi connectivity index (χ1v) is 11.8. The number of ether oxygens (including phenoxy) is 3. The quantitative estimate of drug-likeness (QED) is 0.337. The minimum absolute atomic E-state index is 0.0348. The van der Waals surface area contributed by atoms with E-state index in [0.717, 1.165) is 31.6 Å². The van der Waals surface area contributed by atoms with E-state index in [1.807, 2.05) is 12.1 Å². The van der Waals surface area contributed by atoms with Gasteiger partial charge in [0.05, 0.1) is 39.5 Å². The molecule has 0 fully saturated rings. The van der Waals surface area contributed by atoms with Crippen LogP contribution in [0.3, 0.4) is 0 Å². The number of rotatable bonds is 16. The van der Waals surface area contributed by atoms with Crippen LogP contribution in [0, 0.1) is 17.3 Å². The van der Waals surface area contributed by atoms with E-state index in [2.05, 4.69) is 59.0 Å². The molecule has 0 bridgehead atoms. The molecule has 1 rings (SSSR count). The van der Waals surface area contributed by atoms with Crippen LogP contribution in [0.1, 0.15) is 66.4 Å². The maximum Gasteiger partial charge on any atom is 0.226 e. The Balaban J connectivity index is 2.00. The molecule has 5 heteroatoms. The summed E-state index contributed by atoms with van der Waals surface area (Å²) in [6.45, 7) is 16.9. The zero-order chi connectivity index (χ0) is 23.1. The Morgan fingerprint density at radius 1 is 0.871 bits per heavy atom. The van der Waals surface area contributed by atoms with Crippen LogP contribution in [0.15, 0.2) is 24.3 Å². The number of carbonyl (C=O) groups excluding carboxylic acids is 1. The first-order valence-electron chi connectivity index (χ1n) is 11.8. The summed E-state index contributed by atoms with van der Waals surface area (Å²) in [6, 6.07) is 8.11. The van der Waals surface area contributed by atoms with E-state index in [1.54, 1.807) is 0 Å². The molecule has 0 heterocycles. The molecule has 0 spiro atoms. The number of hydrogen-bond acceptors (Lipinski definition) is 4. The second-order valence-corrected chi connectivity index (χ2v) is 9.90. The molecule has 178 valence electrons. The molecule has 31 heavy (non-hydrogen) atoms. The molecule has 1 N–H and O–H groups in total. The second-order valence-electron chi connectivity index (χ2n) is 9.90. The van der Waals surface area contributed by atoms with Gasteiger partial charge in [-0.3, -0.25) is 4.79 Å². The van der Waals surface area contributed by atoms with Gasteiger partial charge in [-0.2, -0.15) is 0 Å². The number of carbonyl (C=O) groups is 1. The normalized spacial score (nSPS) is 12.9. The summed E-state index contributed by atoms with van der Waals surface area (Å²) in [5.41, 5.74) is 2.46. The Kier molecular flexibility index (Phi) is 13.7. The highest BCUT2D eigenvalue weighted by atomic mass is 16.5. The number of amides is 1. The van der Waals surface area contributed by atoms with Gasteiger partial charge in [-0.1, -0.05) is 53.7 Å². The molecule has 0 aliphatic heterocycles. The third kappa shape index (κ3) is 15.1. The molecule has 1 aromatic carbocycles. The van der Waals surface area contributed by atoms with Crippen LogP contribution in [-0.4, -0.2) is 45.5 Å². The average Bonchev–Trinajstić information content (AvgIpc) is 2.70. The lowest BCUT2D eigenvalue weighted by atomic mass is 9.89. The molecule has 1 aromatic rings. The van der Waals surface area contributed by atoms with Crippen LogP contribution in [0.4, 0.5) is 5.69 Å². The van der Waals surface area contributed by atoms with Crippen molar-refractivity contribution in [2.75, 3.05) is 45.0 Å². The van der Waals surface area contributed by atoms with Crippen molar-refractivity contribution in [1.29, 1.82) is 0 Å². The van der Waals surface area contributed by atoms with Gasteiger partial charge in [-0.15, -0.1) is 0 Å². The smallest absolute Gasteiger partial charge is 0.226 e. The fraction of sp³-hybridized carbons (Fsp3) is 0.731. The molecule has 1 unspecified atom stereocenters. The molecular weight excluding hydrogens is 390 g/mol. The summed E-state index contributed by atoms with van der Waals surface area (Å²) in [6.07, 6.45) is 3.62. The molecule has 0 aliphatic carbocycles. The van der Waals surface area contributed by atoms with Crippen molar-refractivity contribution >= 4 is 11.6 Å². The molecule has 1 amide bonds. The monoisotopic (exact) mass is 435 g/mol. The summed E-state index contributed by atoms with van der Waals surface area (Å²) in [4.78, 5) is 12.0. The summed E-state index contributed by atoms with van der Waals surface area (Å²) in [7, 11) is 0. The zero-order valence-electron chi connectivity index (χ0n) is 20.7. The van der Waals surface area contributed by atoms with Crippen LogP contribution in [0.25, 0.3) is 0 Å². The lowest BCUT2D eigenvalue weighted by Gasteiger charge is -2.17. The molecule has 5 nitrogen and oxygen atoms in total. The fourth-order valence-corrected chi connectivity index (χ4v) is 2.81. The van der Waals surface area contributed by atoms with E-state index in [4.69, 9.17) is 14.2 Å². The molecule has 0 saturated heterocycles. The number of aryl methyl sites for hydroxylation is 1. The van der Waals surface area contributed by atoms with E-state index in [0.29, 0.717) is 56.7 Å². The van der Waals surface area contributed by atoms with Crippen LogP contribution in [-0.2, 0) is 25.4 Å². The molecule has 0 saturated carbocycles. The number of hydrogen-bond donors (Lipinski definition) is 1. The predicted octanol–water partition coefficient (Wildman–Crippen LogP) is 5.73. The topological polar surface area (TPSA) is 56.8 Å². The molecule has 0 aliphatic rings. The predicted molar refractivity (Wildman–Crippen MR) is 129 cm³/mol. The van der Waals surface area contributed by atoms with Crippen molar-refractivity contribution in [2.45, 2.75) is 67.2 Å². The number of benzene rings is 1. The van der Waals surface area contributed by atoms with Gasteiger partial charge in [0, 0.05) is 12.3 Å². The highest BCUT2D eigenvalue weighted by molar-refractivity contribution is 5.90. The number of nitrogens with one attached hydrogen (secondary N) is 1. The van der Waals surface area contributed by atoms with Crippen molar-refractivity contribution in [1.82, 2.24) is 0 Å². The van der Waals surface area contributed by atoms with Crippen LogP contribution < -0.4 is 5.32 Å². The summed E-state index contributed by atoms with van der Waals surface area (Å²) >= 11 is 0. The highest BCUT2D eigenvalue weighted by Gasteiger charge is 2.10. The Morgan fingerprint density at radius 2 is 1.42 bits per heavy atom. The average molecular weight is 436 g/mol. The third-order valence-electron chi connectivity index (χ3n) is 5.47. The molecule has 0 radical (unpaired) electrons. The summed E-state index contributed by atoms with van der Waals surface area (Å²) in [5.74, 6) is 1.35. The van der Waals surface area contributed by atoms with Gasteiger partial charge >= 0.3 is 0 Å². The Morgan fingerprint density at radius 3 is 1.97 bits per heavy atom. The first-order chi connectivity index (χ1) is 14.7. The van der Waals surface area contributed by atoms with Gasteiger partial charge in [0.1, 0.15) is 0 Å². The van der Waals surface area contributed by atoms with Gasteiger partial charge < -0.3 is 19.5 Å². The van der Waals surface area contributed by atoms with Crippen LogP contribution in [0.5, 0.6) is 0 Å². The lowest BCUT2D eigenvalue weighted by Crippen LogP contribution is -2.16. The summed E-state index contributed by atoms with van der Waals surface area (Å²) < 4.78 is 16.6. The Labute approximate surface area is 190 Å². The third-order valence-corrected chi connectivity index (χ3v) is 5.47. The van der Waals surface area contributed by atoms with Gasteiger partial charge in [0.15, 0.2) is 0 Å². The van der Waals surface area contributed by atoms with E-state index in [-0.39, 0.29) is 5.91 Å². The van der Waals surface area contributed by atoms with Gasteiger partial charge in [-0.05, 0) is 54.2 Å². The van der Waals surface area contributed by atoms with E-state index in [9.17, 15) is 4.79 Å². The number of anilines is 1. The van der Waals surface area contributed by atoms with Crippen LogP contribution >= 0.6 is 0 Å². The SMILES string of the molecule is CC(C)C(C)CCOCCOCCOCCC(=O)Nc1ccc(CCC(C)(C)C)cc1. The van der Waals surface area contributed by atoms with Crippen molar-refractivity contribution in [3.05, 3.63) is 29.8 Å². The highest BCUT2D eigenvalue weighted by Crippen LogP contribution is 2.22. The van der Waals surface area contributed by atoms with E-state index >= 15 is 0 Å². The zero-order valence-corrected chi connectivity index (χ0v) is 20.7. The lowest BCUT2D eigenvalue weighted by molar-refractivity contribution is -0.117. The van der Waals surface area contributed by atoms with Crippen molar-refractivity contribution in [3.63, 3.8) is 0 Å². The van der Waals surface area contributed by atoms with Gasteiger partial charge in [-0.25, -0.2) is 0 Å². The second kappa shape index (κ2) is 15.4.